The van der Waals surface area contributed by atoms with Gasteiger partial charge in [-0.1, -0.05) is 17.3 Å². The average Bonchev–Trinajstić information content (AvgIpc) is 3.15. The predicted molar refractivity (Wildman–Crippen MR) is 96.3 cm³/mol. The van der Waals surface area contributed by atoms with E-state index in [0.29, 0.717) is 29.9 Å². The number of urea groups is 1. The zero-order chi connectivity index (χ0) is 18.1. The first kappa shape index (κ1) is 16.9. The van der Waals surface area contributed by atoms with Crippen molar-refractivity contribution in [2.24, 2.45) is 5.41 Å². The molecule has 1 spiro atoms. The van der Waals surface area contributed by atoms with Crippen molar-refractivity contribution in [3.8, 4) is 5.75 Å². The molecule has 1 atom stereocenters. The normalized spacial score (nSPS) is 20.8. The van der Waals surface area contributed by atoms with Crippen LogP contribution in [0.5, 0.6) is 5.75 Å². The first-order valence-electron chi connectivity index (χ1n) is 9.19. The molecule has 2 heterocycles. The van der Waals surface area contributed by atoms with Crippen LogP contribution in [0, 0.1) is 12.3 Å². The van der Waals surface area contributed by atoms with Gasteiger partial charge in [0, 0.05) is 25.9 Å². The number of hydrogen-bond acceptors (Lipinski definition) is 5. The fourth-order valence-electron chi connectivity index (χ4n) is 3.92. The van der Waals surface area contributed by atoms with Crippen molar-refractivity contribution in [1.29, 1.82) is 0 Å². The number of aryl methyl sites for hydroxylation is 1. The van der Waals surface area contributed by atoms with Crippen LogP contribution >= 0.6 is 0 Å². The molecular formula is C19H24N4O3. The van der Waals surface area contributed by atoms with E-state index in [-0.39, 0.29) is 11.4 Å². The molecule has 1 aliphatic carbocycles. The molecule has 2 aromatic rings. The third kappa shape index (κ3) is 3.13. The van der Waals surface area contributed by atoms with Gasteiger partial charge >= 0.3 is 6.03 Å². The van der Waals surface area contributed by atoms with Crippen molar-refractivity contribution in [3.05, 3.63) is 36.0 Å². The summed E-state index contributed by atoms with van der Waals surface area (Å²) in [4.78, 5) is 18.9. The molecular weight excluding hydrogens is 332 g/mol. The molecule has 2 amide bonds. The maximum atomic E-state index is 12.6. The van der Waals surface area contributed by atoms with Crippen molar-refractivity contribution in [2.45, 2.75) is 39.0 Å². The predicted octanol–water partition coefficient (Wildman–Crippen LogP) is 3.58. The van der Waals surface area contributed by atoms with Gasteiger partial charge in [0.15, 0.2) is 5.82 Å². The first-order chi connectivity index (χ1) is 12.6. The van der Waals surface area contributed by atoms with Crippen molar-refractivity contribution in [2.75, 3.05) is 25.0 Å². The largest absolute Gasteiger partial charge is 0.492 e. The van der Waals surface area contributed by atoms with Crippen LogP contribution in [0.4, 0.5) is 10.5 Å². The molecule has 1 saturated carbocycles. The number of carbonyl (C=O) groups is 1. The van der Waals surface area contributed by atoms with Gasteiger partial charge in [0.2, 0.25) is 5.89 Å². The van der Waals surface area contributed by atoms with Crippen LogP contribution in [0.25, 0.3) is 0 Å². The van der Waals surface area contributed by atoms with Gasteiger partial charge in [-0.25, -0.2) is 4.79 Å². The van der Waals surface area contributed by atoms with E-state index in [9.17, 15) is 4.79 Å². The van der Waals surface area contributed by atoms with Gasteiger partial charge in [0.1, 0.15) is 5.75 Å². The van der Waals surface area contributed by atoms with Gasteiger partial charge < -0.3 is 19.5 Å². The minimum Gasteiger partial charge on any atom is -0.492 e. The van der Waals surface area contributed by atoms with E-state index in [0.717, 1.165) is 38.2 Å². The monoisotopic (exact) mass is 356 g/mol. The molecule has 2 aliphatic rings. The molecule has 7 nitrogen and oxygen atoms in total. The molecule has 1 unspecified atom stereocenters. The van der Waals surface area contributed by atoms with Crippen LogP contribution < -0.4 is 10.1 Å². The highest BCUT2D eigenvalue weighted by molar-refractivity contribution is 5.91. The maximum Gasteiger partial charge on any atom is 0.321 e. The minimum absolute atomic E-state index is 0.0698. The van der Waals surface area contributed by atoms with Crippen LogP contribution in [0.1, 0.15) is 43.8 Å². The van der Waals surface area contributed by atoms with E-state index in [1.54, 1.807) is 0 Å². The van der Waals surface area contributed by atoms with Crippen LogP contribution in [0.3, 0.4) is 0 Å². The van der Waals surface area contributed by atoms with Crippen LogP contribution in [-0.4, -0.2) is 40.8 Å². The van der Waals surface area contributed by atoms with Crippen molar-refractivity contribution < 1.29 is 14.1 Å². The topological polar surface area (TPSA) is 80.5 Å². The summed E-state index contributed by atoms with van der Waals surface area (Å²) < 4.78 is 10.7. The Labute approximate surface area is 152 Å². The summed E-state index contributed by atoms with van der Waals surface area (Å²) in [5, 5.41) is 7.05. The Kier molecular flexibility index (Phi) is 4.30. The molecule has 1 aromatic carbocycles. The second kappa shape index (κ2) is 6.63. The van der Waals surface area contributed by atoms with Gasteiger partial charge in [-0.15, -0.1) is 0 Å². The second-order valence-electron chi connectivity index (χ2n) is 7.14. The third-order valence-electron chi connectivity index (χ3n) is 5.52. The zero-order valence-electron chi connectivity index (χ0n) is 15.2. The summed E-state index contributed by atoms with van der Waals surface area (Å²) in [5.41, 5.74) is 0.960. The molecule has 1 N–H and O–H groups in total. The maximum absolute atomic E-state index is 12.6. The Bertz CT molecular complexity index is 796. The highest BCUT2D eigenvalue weighted by atomic mass is 16.5. The van der Waals surface area contributed by atoms with Gasteiger partial charge in [-0.3, -0.25) is 0 Å². The first-order valence-corrected chi connectivity index (χ1v) is 9.19. The smallest absolute Gasteiger partial charge is 0.321 e. The lowest BCUT2D eigenvalue weighted by Gasteiger charge is -2.32. The molecule has 1 aromatic heterocycles. The molecule has 7 heteroatoms. The number of amides is 2. The molecule has 2 fully saturated rings. The standard InChI is InChI=1S/C19H24N4O3/c1-3-25-16-7-5-4-6-15(16)21-18(24)23-10-8-19(9-11-23)12-14(19)17-20-13(2)26-22-17/h4-7,14H,3,8-12H2,1-2H3,(H,21,24). The molecule has 26 heavy (non-hydrogen) atoms. The summed E-state index contributed by atoms with van der Waals surface area (Å²) in [7, 11) is 0. The lowest BCUT2D eigenvalue weighted by molar-refractivity contribution is 0.174. The number of nitrogens with one attached hydrogen (secondary N) is 1. The number of carbonyl (C=O) groups excluding carboxylic acids is 1. The van der Waals surface area contributed by atoms with Gasteiger partial charge in [-0.2, -0.15) is 4.98 Å². The summed E-state index contributed by atoms with van der Waals surface area (Å²) in [6.07, 6.45) is 3.05. The Morgan fingerprint density at radius 1 is 1.38 bits per heavy atom. The van der Waals surface area contributed by atoms with Crippen molar-refractivity contribution >= 4 is 11.7 Å². The summed E-state index contributed by atoms with van der Waals surface area (Å²) in [6, 6.07) is 7.46. The van der Waals surface area contributed by atoms with Gasteiger partial charge in [0.05, 0.1) is 12.3 Å². The van der Waals surface area contributed by atoms with Crippen molar-refractivity contribution in [3.63, 3.8) is 0 Å². The Balaban J connectivity index is 1.35. The average molecular weight is 356 g/mol. The fraction of sp³-hybridized carbons (Fsp3) is 0.526. The molecule has 1 saturated heterocycles. The molecule has 1 aliphatic heterocycles. The lowest BCUT2D eigenvalue weighted by Crippen LogP contribution is -2.42. The van der Waals surface area contributed by atoms with E-state index in [1.807, 2.05) is 43.0 Å². The van der Waals surface area contributed by atoms with E-state index in [4.69, 9.17) is 9.26 Å². The van der Waals surface area contributed by atoms with Crippen molar-refractivity contribution in [1.82, 2.24) is 15.0 Å². The quantitative estimate of drug-likeness (QED) is 0.906. The van der Waals surface area contributed by atoms with E-state index < -0.39 is 0 Å². The number of hydrogen-bond donors (Lipinski definition) is 1. The Morgan fingerprint density at radius 2 is 2.15 bits per heavy atom. The highest BCUT2D eigenvalue weighted by Crippen LogP contribution is 2.64. The highest BCUT2D eigenvalue weighted by Gasteiger charge is 2.57. The number of anilines is 1. The van der Waals surface area contributed by atoms with E-state index in [2.05, 4.69) is 15.5 Å². The second-order valence-corrected chi connectivity index (χ2v) is 7.14. The summed E-state index contributed by atoms with van der Waals surface area (Å²) >= 11 is 0. The minimum atomic E-state index is -0.0698. The molecule has 4 rings (SSSR count). The number of piperidine rings is 1. The van der Waals surface area contributed by atoms with Crippen LogP contribution in [-0.2, 0) is 0 Å². The number of rotatable bonds is 4. The SMILES string of the molecule is CCOc1ccccc1NC(=O)N1CCC2(CC1)CC2c1noc(C)n1. The number of nitrogens with zero attached hydrogens (tertiary/aromatic N) is 3. The van der Waals surface area contributed by atoms with Crippen LogP contribution in [0.15, 0.2) is 28.8 Å². The summed E-state index contributed by atoms with van der Waals surface area (Å²) in [5.74, 6) is 2.52. The lowest BCUT2D eigenvalue weighted by atomic mass is 9.91. The zero-order valence-corrected chi connectivity index (χ0v) is 15.2. The van der Waals surface area contributed by atoms with E-state index in [1.165, 1.54) is 0 Å². The Morgan fingerprint density at radius 3 is 2.85 bits per heavy atom. The third-order valence-corrected chi connectivity index (χ3v) is 5.52. The number of likely N-dealkylation sites (tertiary alicyclic amines) is 1. The molecule has 0 bridgehead atoms. The van der Waals surface area contributed by atoms with Gasteiger partial charge in [0.25, 0.3) is 0 Å². The summed E-state index contributed by atoms with van der Waals surface area (Å²) in [6.45, 7) is 5.81. The fourth-order valence-corrected chi connectivity index (χ4v) is 3.92. The molecule has 138 valence electrons. The molecule has 0 radical (unpaired) electrons. The Hall–Kier alpha value is -2.57. The number of aromatic nitrogens is 2. The number of para-hydroxylation sites is 2. The van der Waals surface area contributed by atoms with Gasteiger partial charge in [-0.05, 0) is 43.7 Å². The number of ether oxygens (including phenoxy) is 1. The van der Waals surface area contributed by atoms with Crippen LogP contribution in [0.2, 0.25) is 0 Å². The van der Waals surface area contributed by atoms with E-state index >= 15 is 0 Å². The number of benzene rings is 1.